The number of nitrogens with one attached hydrogen (secondary N) is 1. The smallest absolute Gasteiger partial charge is 0.222 e. The maximum atomic E-state index is 11.2. The van der Waals surface area contributed by atoms with Gasteiger partial charge in [0.1, 0.15) is 0 Å². The molecule has 2 atom stereocenters. The van der Waals surface area contributed by atoms with E-state index in [1.54, 1.807) is 0 Å². The number of hydrogen-bond acceptors (Lipinski definition) is 2. The molecule has 0 aromatic rings. The van der Waals surface area contributed by atoms with Crippen LogP contribution in [0.15, 0.2) is 0 Å². The first-order valence-electron chi connectivity index (χ1n) is 4.57. The molecule has 2 unspecified atom stereocenters. The molecule has 0 aromatic carbocycles. The molecule has 12 heavy (non-hydrogen) atoms. The zero-order valence-corrected chi connectivity index (χ0v) is 8.13. The second-order valence-electron chi connectivity index (χ2n) is 3.09. The summed E-state index contributed by atoms with van der Waals surface area (Å²) in [5.41, 5.74) is 0. The third-order valence-electron chi connectivity index (χ3n) is 1.90. The van der Waals surface area contributed by atoms with Crippen LogP contribution in [-0.2, 0) is 4.79 Å². The van der Waals surface area contributed by atoms with Gasteiger partial charge < -0.3 is 10.4 Å². The van der Waals surface area contributed by atoms with E-state index in [1.165, 1.54) is 0 Å². The lowest BCUT2D eigenvalue weighted by Gasteiger charge is -2.14. The minimum absolute atomic E-state index is 0.0324. The molecule has 3 nitrogen and oxygen atoms in total. The molecule has 0 radical (unpaired) electrons. The van der Waals surface area contributed by atoms with Crippen LogP contribution >= 0.6 is 0 Å². The van der Waals surface area contributed by atoms with Crippen LogP contribution in [-0.4, -0.2) is 23.7 Å². The van der Waals surface area contributed by atoms with E-state index in [0.29, 0.717) is 19.4 Å². The molecule has 0 saturated heterocycles. The fourth-order valence-electron chi connectivity index (χ4n) is 1.03. The Hall–Kier alpha value is -0.570. The van der Waals surface area contributed by atoms with Gasteiger partial charge in [0, 0.05) is 12.5 Å². The number of hydrogen-bond donors (Lipinski definition) is 2. The number of amides is 1. The summed E-state index contributed by atoms with van der Waals surface area (Å²) in [6.45, 7) is 6.30. The Morgan fingerprint density at radius 2 is 2.08 bits per heavy atom. The highest BCUT2D eigenvalue weighted by molar-refractivity contribution is 5.78. The first kappa shape index (κ1) is 11.4. The van der Waals surface area contributed by atoms with Crippen molar-refractivity contribution in [1.82, 2.24) is 5.32 Å². The number of carbonyl (C=O) groups is 1. The predicted molar refractivity (Wildman–Crippen MR) is 48.8 cm³/mol. The van der Waals surface area contributed by atoms with Crippen LogP contribution in [0.1, 0.15) is 33.6 Å². The van der Waals surface area contributed by atoms with Gasteiger partial charge >= 0.3 is 0 Å². The average Bonchev–Trinajstić information content (AvgIpc) is 2.04. The normalized spacial score (nSPS) is 15.3. The summed E-state index contributed by atoms with van der Waals surface area (Å²) < 4.78 is 0. The summed E-state index contributed by atoms with van der Waals surface area (Å²) >= 11 is 0. The van der Waals surface area contributed by atoms with Crippen LogP contribution in [0, 0.1) is 5.92 Å². The van der Waals surface area contributed by atoms with Crippen molar-refractivity contribution in [1.29, 1.82) is 0 Å². The molecule has 0 spiro atoms. The van der Waals surface area contributed by atoms with Gasteiger partial charge in [-0.1, -0.05) is 13.8 Å². The highest BCUT2D eigenvalue weighted by atomic mass is 16.3. The van der Waals surface area contributed by atoms with Crippen LogP contribution in [0.4, 0.5) is 0 Å². The molecular formula is C9H19NO2. The molecule has 0 aromatic heterocycles. The lowest BCUT2D eigenvalue weighted by molar-refractivity contribution is -0.125. The van der Waals surface area contributed by atoms with Gasteiger partial charge in [0.25, 0.3) is 0 Å². The first-order valence-corrected chi connectivity index (χ1v) is 4.57. The van der Waals surface area contributed by atoms with E-state index in [-0.39, 0.29) is 17.9 Å². The molecule has 0 rings (SSSR count). The minimum atomic E-state index is -0.345. The molecule has 0 fully saturated rings. The molecule has 0 aliphatic rings. The Bertz CT molecular complexity index is 136. The molecule has 0 heterocycles. The maximum absolute atomic E-state index is 11.2. The van der Waals surface area contributed by atoms with Crippen molar-refractivity contribution < 1.29 is 9.90 Å². The van der Waals surface area contributed by atoms with Crippen molar-refractivity contribution in [3.05, 3.63) is 0 Å². The van der Waals surface area contributed by atoms with E-state index in [4.69, 9.17) is 0 Å². The molecule has 1 amide bonds. The SMILES string of the molecule is CCNC(=O)C(C)CC(O)CC. The zero-order valence-electron chi connectivity index (χ0n) is 8.13. The van der Waals surface area contributed by atoms with Crippen molar-refractivity contribution in [2.45, 2.75) is 39.7 Å². The zero-order chi connectivity index (χ0) is 9.56. The van der Waals surface area contributed by atoms with Crippen LogP contribution in [0.2, 0.25) is 0 Å². The lowest BCUT2D eigenvalue weighted by atomic mass is 10.0. The van der Waals surface area contributed by atoms with Gasteiger partial charge in [0.2, 0.25) is 5.91 Å². The van der Waals surface area contributed by atoms with E-state index in [9.17, 15) is 9.90 Å². The Kier molecular flexibility index (Phi) is 5.72. The van der Waals surface area contributed by atoms with E-state index in [1.807, 2.05) is 20.8 Å². The fraction of sp³-hybridized carbons (Fsp3) is 0.889. The Morgan fingerprint density at radius 1 is 1.50 bits per heavy atom. The second kappa shape index (κ2) is 6.00. The molecule has 3 heteroatoms. The van der Waals surface area contributed by atoms with Gasteiger partial charge in [-0.3, -0.25) is 4.79 Å². The van der Waals surface area contributed by atoms with Crippen molar-refractivity contribution >= 4 is 5.91 Å². The Morgan fingerprint density at radius 3 is 2.50 bits per heavy atom. The molecule has 0 saturated carbocycles. The highest BCUT2D eigenvalue weighted by Crippen LogP contribution is 2.08. The van der Waals surface area contributed by atoms with Crippen LogP contribution in [0.5, 0.6) is 0 Å². The maximum Gasteiger partial charge on any atom is 0.222 e. The highest BCUT2D eigenvalue weighted by Gasteiger charge is 2.14. The van der Waals surface area contributed by atoms with Gasteiger partial charge in [0.15, 0.2) is 0 Å². The van der Waals surface area contributed by atoms with Gasteiger partial charge in [-0.2, -0.15) is 0 Å². The topological polar surface area (TPSA) is 49.3 Å². The summed E-state index contributed by atoms with van der Waals surface area (Å²) in [5.74, 6) is -0.0510. The van der Waals surface area contributed by atoms with Gasteiger partial charge in [-0.15, -0.1) is 0 Å². The largest absolute Gasteiger partial charge is 0.393 e. The molecule has 0 bridgehead atoms. The molecular weight excluding hydrogens is 154 g/mol. The number of aliphatic hydroxyl groups excluding tert-OH is 1. The quantitative estimate of drug-likeness (QED) is 0.649. The van der Waals surface area contributed by atoms with Crippen LogP contribution < -0.4 is 5.32 Å². The first-order chi connectivity index (χ1) is 5.61. The lowest BCUT2D eigenvalue weighted by Crippen LogP contribution is -2.30. The number of aliphatic hydroxyl groups is 1. The summed E-state index contributed by atoms with van der Waals surface area (Å²) in [5, 5.41) is 12.0. The third-order valence-corrected chi connectivity index (χ3v) is 1.90. The van der Waals surface area contributed by atoms with Crippen molar-refractivity contribution in [3.8, 4) is 0 Å². The van der Waals surface area contributed by atoms with Crippen LogP contribution in [0.25, 0.3) is 0 Å². The Labute approximate surface area is 74.2 Å². The summed E-state index contributed by atoms with van der Waals surface area (Å²) in [4.78, 5) is 11.2. The average molecular weight is 173 g/mol. The van der Waals surface area contributed by atoms with Gasteiger partial charge in [-0.25, -0.2) is 0 Å². The molecule has 0 aliphatic carbocycles. The van der Waals surface area contributed by atoms with E-state index < -0.39 is 0 Å². The van der Waals surface area contributed by atoms with E-state index in [2.05, 4.69) is 5.32 Å². The molecule has 0 aliphatic heterocycles. The van der Waals surface area contributed by atoms with Crippen molar-refractivity contribution in [2.24, 2.45) is 5.92 Å². The number of carbonyl (C=O) groups excluding carboxylic acids is 1. The van der Waals surface area contributed by atoms with E-state index >= 15 is 0 Å². The van der Waals surface area contributed by atoms with Gasteiger partial charge in [0.05, 0.1) is 6.10 Å². The summed E-state index contributed by atoms with van der Waals surface area (Å²) in [7, 11) is 0. The van der Waals surface area contributed by atoms with Crippen molar-refractivity contribution in [3.63, 3.8) is 0 Å². The second-order valence-corrected chi connectivity index (χ2v) is 3.09. The third kappa shape index (κ3) is 4.34. The Balaban J connectivity index is 3.70. The molecule has 72 valence electrons. The van der Waals surface area contributed by atoms with Crippen molar-refractivity contribution in [2.75, 3.05) is 6.54 Å². The number of rotatable bonds is 5. The standard InChI is InChI=1S/C9H19NO2/c1-4-8(11)6-7(3)9(12)10-5-2/h7-8,11H,4-6H2,1-3H3,(H,10,12). The predicted octanol–water partition coefficient (Wildman–Crippen LogP) is 0.920. The van der Waals surface area contributed by atoms with E-state index in [0.717, 1.165) is 0 Å². The van der Waals surface area contributed by atoms with Crippen LogP contribution in [0.3, 0.4) is 0 Å². The fourth-order valence-corrected chi connectivity index (χ4v) is 1.03. The summed E-state index contributed by atoms with van der Waals surface area (Å²) in [6, 6.07) is 0. The monoisotopic (exact) mass is 173 g/mol. The minimum Gasteiger partial charge on any atom is -0.393 e. The van der Waals surface area contributed by atoms with Gasteiger partial charge in [-0.05, 0) is 19.8 Å². The summed E-state index contributed by atoms with van der Waals surface area (Å²) in [6.07, 6.45) is 0.925. The molecule has 2 N–H and O–H groups in total.